The molecule has 0 bridgehead atoms. The van der Waals surface area contributed by atoms with Crippen molar-refractivity contribution < 1.29 is 18.7 Å². The number of pyridine rings is 1. The van der Waals surface area contributed by atoms with E-state index in [1.54, 1.807) is 36.8 Å². The lowest BCUT2D eigenvalue weighted by Gasteiger charge is -2.22. The van der Waals surface area contributed by atoms with Crippen molar-refractivity contribution in [1.29, 1.82) is 0 Å². The molecule has 0 radical (unpaired) electrons. The van der Waals surface area contributed by atoms with Gasteiger partial charge >= 0.3 is 0 Å². The predicted molar refractivity (Wildman–Crippen MR) is 144 cm³/mol. The van der Waals surface area contributed by atoms with Gasteiger partial charge in [0.05, 0.1) is 18.5 Å². The minimum atomic E-state index is -0.619. The van der Waals surface area contributed by atoms with Crippen LogP contribution in [0.15, 0.2) is 61.1 Å². The normalized spacial score (nSPS) is 19.8. The van der Waals surface area contributed by atoms with E-state index in [4.69, 9.17) is 20.2 Å². The van der Waals surface area contributed by atoms with E-state index in [-0.39, 0.29) is 35.5 Å². The zero-order valence-electron chi connectivity index (χ0n) is 22.5. The minimum Gasteiger partial charge on any atom is -0.476 e. The molecular weight excluding hydrogens is 513 g/mol. The molecule has 1 aromatic carbocycles. The third-order valence-corrected chi connectivity index (χ3v) is 7.29. The molecule has 2 aliphatic rings. The van der Waals surface area contributed by atoms with Crippen LogP contribution in [-0.4, -0.2) is 61.3 Å². The number of nitrogens with zero attached hydrogens (tertiary/aromatic N) is 6. The molecule has 2 N–H and O–H groups in total. The van der Waals surface area contributed by atoms with E-state index in [2.05, 4.69) is 15.1 Å². The molecule has 206 valence electrons. The van der Waals surface area contributed by atoms with Crippen molar-refractivity contribution in [2.45, 2.75) is 32.4 Å². The Bertz CT molecular complexity index is 1520. The number of benzene rings is 1. The summed E-state index contributed by atoms with van der Waals surface area (Å²) in [6.45, 7) is 7.16. The fraction of sp³-hybridized carbons (Fsp3) is 0.345. The first-order valence-corrected chi connectivity index (χ1v) is 13.2. The minimum absolute atomic E-state index is 0.0550. The molecule has 0 spiro atoms. The van der Waals surface area contributed by atoms with Crippen LogP contribution in [0, 0.1) is 17.7 Å². The van der Waals surface area contributed by atoms with Gasteiger partial charge in [-0.3, -0.25) is 4.79 Å². The summed E-state index contributed by atoms with van der Waals surface area (Å²) in [5.41, 5.74) is 8.46. The Morgan fingerprint density at radius 2 is 1.82 bits per heavy atom. The van der Waals surface area contributed by atoms with Gasteiger partial charge in [0.25, 0.3) is 11.9 Å². The molecule has 3 aromatic heterocycles. The fourth-order valence-electron chi connectivity index (χ4n) is 5.09. The number of piperidine rings is 1. The first kappa shape index (κ1) is 25.9. The van der Waals surface area contributed by atoms with E-state index in [9.17, 15) is 9.18 Å². The van der Waals surface area contributed by atoms with Crippen LogP contribution in [0.4, 0.5) is 4.39 Å². The van der Waals surface area contributed by atoms with E-state index in [0.717, 1.165) is 11.1 Å². The molecule has 40 heavy (non-hydrogen) atoms. The number of carbonyl (C=O) groups is 1. The maximum atomic E-state index is 13.5. The molecule has 1 saturated carbocycles. The van der Waals surface area contributed by atoms with Crippen LogP contribution in [0.2, 0.25) is 0 Å². The molecule has 2 unspecified atom stereocenters. The van der Waals surface area contributed by atoms with Gasteiger partial charge in [0.2, 0.25) is 11.8 Å². The van der Waals surface area contributed by atoms with Gasteiger partial charge in [-0.1, -0.05) is 0 Å². The summed E-state index contributed by atoms with van der Waals surface area (Å²) in [5, 5.41) is 4.39. The molecule has 2 atom stereocenters. The van der Waals surface area contributed by atoms with Crippen molar-refractivity contribution in [3.63, 3.8) is 0 Å². The number of nitrogens with two attached hydrogens (primary N) is 1. The molecule has 10 nitrogen and oxygen atoms in total. The number of amides is 1. The molecule has 4 aromatic rings. The molecule has 1 saturated heterocycles. The summed E-state index contributed by atoms with van der Waals surface area (Å²) >= 11 is 0. The summed E-state index contributed by atoms with van der Waals surface area (Å²) in [7, 11) is 0. The Kier molecular flexibility index (Phi) is 6.46. The number of hydrogen-bond acceptors (Lipinski definition) is 8. The molecule has 4 heterocycles. The van der Waals surface area contributed by atoms with Gasteiger partial charge in [-0.25, -0.2) is 24.0 Å². The van der Waals surface area contributed by atoms with E-state index in [1.807, 2.05) is 37.8 Å². The highest BCUT2D eigenvalue weighted by atomic mass is 19.1. The Morgan fingerprint density at radius 3 is 2.48 bits per heavy atom. The van der Waals surface area contributed by atoms with Crippen LogP contribution in [0.3, 0.4) is 0 Å². The summed E-state index contributed by atoms with van der Waals surface area (Å²) in [6.07, 6.45) is 4.78. The highest BCUT2D eigenvalue weighted by molar-refractivity contribution is 5.96. The zero-order valence-corrected chi connectivity index (χ0v) is 22.5. The second kappa shape index (κ2) is 9.98. The van der Waals surface area contributed by atoms with Gasteiger partial charge in [0, 0.05) is 54.5 Å². The van der Waals surface area contributed by atoms with Crippen molar-refractivity contribution in [3.05, 3.63) is 78.0 Å². The Balaban J connectivity index is 1.17. The SMILES string of the molecule is CCOc1nn(-c2ncccn2)cc1C(=O)N1CC2C(C1)C2Oc1cc(C(C)(C)N)cc(-c2ccc(F)cc2)n1. The topological polar surface area (TPSA) is 121 Å². The summed E-state index contributed by atoms with van der Waals surface area (Å²) < 4.78 is 26.9. The molecular formula is C29H30FN7O3. The van der Waals surface area contributed by atoms with Gasteiger partial charge in [0.15, 0.2) is 0 Å². The average molecular weight is 544 g/mol. The van der Waals surface area contributed by atoms with E-state index < -0.39 is 5.54 Å². The highest BCUT2D eigenvalue weighted by Crippen LogP contribution is 2.48. The van der Waals surface area contributed by atoms with E-state index >= 15 is 0 Å². The largest absolute Gasteiger partial charge is 0.476 e. The Labute approximate surface area is 231 Å². The van der Waals surface area contributed by atoms with Gasteiger partial charge in [-0.05, 0) is 62.7 Å². The highest BCUT2D eigenvalue weighted by Gasteiger charge is 2.59. The van der Waals surface area contributed by atoms with Crippen LogP contribution < -0.4 is 15.2 Å². The number of hydrogen-bond donors (Lipinski definition) is 1. The second-order valence-electron chi connectivity index (χ2n) is 10.7. The average Bonchev–Trinajstić information content (AvgIpc) is 3.26. The predicted octanol–water partition coefficient (Wildman–Crippen LogP) is 3.61. The lowest BCUT2D eigenvalue weighted by atomic mass is 9.95. The number of ether oxygens (including phenoxy) is 2. The van der Waals surface area contributed by atoms with Crippen molar-refractivity contribution in [3.8, 4) is 29.0 Å². The number of aromatic nitrogens is 5. The molecule has 2 fully saturated rings. The first-order chi connectivity index (χ1) is 19.2. The zero-order chi connectivity index (χ0) is 28.0. The Morgan fingerprint density at radius 1 is 1.12 bits per heavy atom. The molecule has 6 rings (SSSR count). The third-order valence-electron chi connectivity index (χ3n) is 7.29. The van der Waals surface area contributed by atoms with Gasteiger partial charge < -0.3 is 20.1 Å². The second-order valence-corrected chi connectivity index (χ2v) is 10.7. The van der Waals surface area contributed by atoms with Crippen LogP contribution in [-0.2, 0) is 5.54 Å². The maximum Gasteiger partial charge on any atom is 0.261 e. The Hall–Kier alpha value is -4.38. The van der Waals surface area contributed by atoms with Crippen LogP contribution in [0.1, 0.15) is 36.7 Å². The van der Waals surface area contributed by atoms with Gasteiger partial charge in [-0.2, -0.15) is 0 Å². The standard InChI is InChI=1S/C29H30FN7O3/c1-4-39-26-22(16-37(35-26)28-32-10-5-11-33-28)27(38)36-14-20-21(15-36)25(20)40-24-13-18(29(2,3)31)12-23(34-24)17-6-8-19(30)9-7-17/h5-13,16,20-21,25H,4,14-15,31H2,1-3H3. The smallest absolute Gasteiger partial charge is 0.261 e. The number of fused-ring (bicyclic) bond motifs is 1. The summed E-state index contributed by atoms with van der Waals surface area (Å²) in [5.74, 6) is 1.00. The van der Waals surface area contributed by atoms with Crippen molar-refractivity contribution >= 4 is 5.91 Å². The third kappa shape index (κ3) is 5.00. The first-order valence-electron chi connectivity index (χ1n) is 13.2. The lowest BCUT2D eigenvalue weighted by molar-refractivity contribution is 0.0747. The summed E-state index contributed by atoms with van der Waals surface area (Å²) in [6, 6.07) is 11.7. The summed E-state index contributed by atoms with van der Waals surface area (Å²) in [4.78, 5) is 28.4. The van der Waals surface area contributed by atoms with Crippen molar-refractivity contribution in [1.82, 2.24) is 29.6 Å². The maximum absolute atomic E-state index is 13.5. The van der Waals surface area contributed by atoms with Crippen molar-refractivity contribution in [2.24, 2.45) is 17.6 Å². The lowest BCUT2D eigenvalue weighted by Crippen LogP contribution is -2.33. The monoisotopic (exact) mass is 543 g/mol. The van der Waals surface area contributed by atoms with Crippen molar-refractivity contribution in [2.75, 3.05) is 19.7 Å². The number of carbonyl (C=O) groups excluding carboxylic acids is 1. The molecule has 11 heteroatoms. The van der Waals surface area contributed by atoms with Gasteiger partial charge in [0.1, 0.15) is 17.5 Å². The number of halogens is 1. The molecule has 1 aliphatic heterocycles. The van der Waals surface area contributed by atoms with E-state index in [1.165, 1.54) is 16.8 Å². The quantitative estimate of drug-likeness (QED) is 0.358. The van der Waals surface area contributed by atoms with Gasteiger partial charge in [-0.15, -0.1) is 5.10 Å². The van der Waals surface area contributed by atoms with E-state index in [0.29, 0.717) is 42.8 Å². The van der Waals surface area contributed by atoms with Crippen LogP contribution in [0.5, 0.6) is 11.8 Å². The molecule has 1 amide bonds. The fourth-order valence-corrected chi connectivity index (χ4v) is 5.09. The molecule has 1 aliphatic carbocycles. The van der Waals surface area contributed by atoms with Crippen LogP contribution in [0.25, 0.3) is 17.2 Å². The number of likely N-dealkylation sites (tertiary alicyclic amines) is 1. The van der Waals surface area contributed by atoms with Crippen LogP contribution >= 0.6 is 0 Å². The number of rotatable bonds is 8.